The minimum absolute atomic E-state index is 0.192. The molecule has 0 saturated carbocycles. The monoisotopic (exact) mass is 391 g/mol. The van der Waals surface area contributed by atoms with Crippen molar-refractivity contribution in [2.45, 2.75) is 57.7 Å². The van der Waals surface area contributed by atoms with E-state index in [4.69, 9.17) is 4.74 Å². The highest BCUT2D eigenvalue weighted by atomic mass is 19.1. The molecule has 1 aromatic rings. The van der Waals surface area contributed by atoms with Crippen LogP contribution in [0.1, 0.15) is 44.6 Å². The third kappa shape index (κ3) is 5.01. The third-order valence-corrected chi connectivity index (χ3v) is 5.68. The Bertz CT molecular complexity index is 677. The summed E-state index contributed by atoms with van der Waals surface area (Å²) < 4.78 is 18.7. The number of nitrogens with one attached hydrogen (secondary N) is 1. The summed E-state index contributed by atoms with van der Waals surface area (Å²) in [6, 6.07) is 7.19. The normalized spacial score (nSPS) is 20.6. The van der Waals surface area contributed by atoms with Crippen molar-refractivity contribution in [1.82, 2.24) is 15.1 Å². The summed E-state index contributed by atoms with van der Waals surface area (Å²) in [5.74, 6) is 0.0229. The molecule has 154 valence electrons. The van der Waals surface area contributed by atoms with E-state index in [1.54, 1.807) is 24.0 Å². The highest BCUT2D eigenvalue weighted by molar-refractivity contribution is 5.79. The van der Waals surface area contributed by atoms with Crippen molar-refractivity contribution in [3.05, 3.63) is 35.6 Å². The van der Waals surface area contributed by atoms with Gasteiger partial charge in [-0.1, -0.05) is 18.2 Å². The van der Waals surface area contributed by atoms with E-state index in [-0.39, 0.29) is 29.9 Å². The second kappa shape index (κ2) is 9.87. The van der Waals surface area contributed by atoms with E-state index < -0.39 is 0 Å². The summed E-state index contributed by atoms with van der Waals surface area (Å²) in [5.41, 5.74) is 0.660. The summed E-state index contributed by atoms with van der Waals surface area (Å²) >= 11 is 0. The van der Waals surface area contributed by atoms with Crippen molar-refractivity contribution in [3.63, 3.8) is 0 Å². The lowest BCUT2D eigenvalue weighted by molar-refractivity contribution is -0.132. The van der Waals surface area contributed by atoms with E-state index in [0.29, 0.717) is 38.2 Å². The average molecular weight is 391 g/mol. The number of halogens is 1. The van der Waals surface area contributed by atoms with Gasteiger partial charge in [0.05, 0.1) is 6.61 Å². The van der Waals surface area contributed by atoms with E-state index >= 15 is 0 Å². The molecule has 2 aliphatic heterocycles. The zero-order valence-electron chi connectivity index (χ0n) is 16.5. The van der Waals surface area contributed by atoms with Crippen LogP contribution in [0.4, 0.5) is 9.18 Å². The standard InChI is InChI=1S/C21H30FN3O3/c1-2-28-21(27)24-13-10-18(11-14-24)25-17(7-8-20(25)26)9-12-23-15-16-5-3-4-6-19(16)22/h3-6,17-18,23H,2,7-15H2,1H3/t17-/m0/s1. The molecule has 6 nitrogen and oxygen atoms in total. The first-order valence-corrected chi connectivity index (χ1v) is 10.3. The summed E-state index contributed by atoms with van der Waals surface area (Å²) in [4.78, 5) is 28.1. The first kappa shape index (κ1) is 20.6. The maximum atomic E-state index is 13.7. The van der Waals surface area contributed by atoms with Crippen molar-refractivity contribution in [2.75, 3.05) is 26.2 Å². The Labute approximate surface area is 166 Å². The summed E-state index contributed by atoms with van der Waals surface area (Å²) in [6.45, 7) is 4.68. The van der Waals surface area contributed by atoms with Crippen molar-refractivity contribution in [1.29, 1.82) is 0 Å². The fraction of sp³-hybridized carbons (Fsp3) is 0.619. The van der Waals surface area contributed by atoms with Gasteiger partial charge in [-0.15, -0.1) is 0 Å². The van der Waals surface area contributed by atoms with Gasteiger partial charge in [0.15, 0.2) is 0 Å². The Kier molecular flexibility index (Phi) is 7.25. The second-order valence-corrected chi connectivity index (χ2v) is 7.47. The van der Waals surface area contributed by atoms with Gasteiger partial charge in [-0.05, 0) is 45.2 Å². The quantitative estimate of drug-likeness (QED) is 0.726. The molecule has 1 aromatic carbocycles. The zero-order chi connectivity index (χ0) is 19.9. The number of carbonyl (C=O) groups excluding carboxylic acids is 2. The fourth-order valence-corrected chi connectivity index (χ4v) is 4.22. The van der Waals surface area contributed by atoms with Gasteiger partial charge in [0.2, 0.25) is 5.91 Å². The number of rotatable bonds is 7. The largest absolute Gasteiger partial charge is 0.450 e. The Balaban J connectivity index is 1.46. The van der Waals surface area contributed by atoms with Crippen LogP contribution < -0.4 is 5.32 Å². The maximum absolute atomic E-state index is 13.7. The van der Waals surface area contributed by atoms with Crippen LogP contribution in [-0.4, -0.2) is 60.1 Å². The SMILES string of the molecule is CCOC(=O)N1CCC(N2C(=O)CC[C@H]2CCNCc2ccccc2F)CC1. The van der Waals surface area contributed by atoms with E-state index in [1.165, 1.54) is 6.07 Å². The van der Waals surface area contributed by atoms with Crippen LogP contribution >= 0.6 is 0 Å². The molecule has 0 unspecified atom stereocenters. The predicted octanol–water partition coefficient (Wildman–Crippen LogP) is 2.92. The number of hydrogen-bond acceptors (Lipinski definition) is 4. The molecule has 3 rings (SSSR count). The van der Waals surface area contributed by atoms with Crippen LogP contribution in [-0.2, 0) is 16.1 Å². The van der Waals surface area contributed by atoms with Gasteiger partial charge in [0.25, 0.3) is 0 Å². The maximum Gasteiger partial charge on any atom is 0.409 e. The molecular weight excluding hydrogens is 361 g/mol. The minimum Gasteiger partial charge on any atom is -0.450 e. The summed E-state index contributed by atoms with van der Waals surface area (Å²) in [6.07, 6.45) is 3.66. The molecule has 0 radical (unpaired) electrons. The van der Waals surface area contributed by atoms with Crippen LogP contribution in [0.15, 0.2) is 24.3 Å². The highest BCUT2D eigenvalue weighted by Crippen LogP contribution is 2.28. The number of piperidine rings is 1. The van der Waals surface area contributed by atoms with Gasteiger partial charge >= 0.3 is 6.09 Å². The molecule has 1 atom stereocenters. The zero-order valence-corrected chi connectivity index (χ0v) is 16.5. The van der Waals surface area contributed by atoms with Gasteiger partial charge in [-0.2, -0.15) is 0 Å². The van der Waals surface area contributed by atoms with Crippen LogP contribution in [0.25, 0.3) is 0 Å². The molecule has 2 fully saturated rings. The van der Waals surface area contributed by atoms with Gasteiger partial charge in [0, 0.05) is 43.7 Å². The van der Waals surface area contributed by atoms with Crippen LogP contribution in [0, 0.1) is 5.82 Å². The third-order valence-electron chi connectivity index (χ3n) is 5.68. The van der Waals surface area contributed by atoms with Crippen LogP contribution in [0.3, 0.4) is 0 Å². The van der Waals surface area contributed by atoms with Gasteiger partial charge < -0.3 is 19.9 Å². The van der Waals surface area contributed by atoms with Crippen LogP contribution in [0.5, 0.6) is 0 Å². The predicted molar refractivity (Wildman–Crippen MR) is 104 cm³/mol. The molecule has 28 heavy (non-hydrogen) atoms. The Morgan fingerprint density at radius 2 is 2.00 bits per heavy atom. The smallest absolute Gasteiger partial charge is 0.409 e. The number of nitrogens with zero attached hydrogens (tertiary/aromatic N) is 2. The molecule has 0 aliphatic carbocycles. The van der Waals surface area contributed by atoms with Gasteiger partial charge in [0.1, 0.15) is 5.82 Å². The van der Waals surface area contributed by atoms with E-state index in [1.807, 2.05) is 11.0 Å². The van der Waals surface area contributed by atoms with E-state index in [0.717, 1.165) is 32.2 Å². The first-order chi connectivity index (χ1) is 13.6. The molecule has 0 aromatic heterocycles. The lowest BCUT2D eigenvalue weighted by atomic mass is 10.0. The summed E-state index contributed by atoms with van der Waals surface area (Å²) in [5, 5.41) is 3.30. The Morgan fingerprint density at radius 3 is 2.71 bits per heavy atom. The van der Waals surface area contributed by atoms with Crippen molar-refractivity contribution in [3.8, 4) is 0 Å². The molecule has 0 bridgehead atoms. The number of carbonyl (C=O) groups is 2. The molecular formula is C21H30FN3O3. The molecule has 2 aliphatic rings. The molecule has 2 heterocycles. The lowest BCUT2D eigenvalue weighted by Crippen LogP contribution is -2.50. The number of likely N-dealkylation sites (tertiary alicyclic amines) is 2. The van der Waals surface area contributed by atoms with Gasteiger partial charge in [-0.3, -0.25) is 4.79 Å². The van der Waals surface area contributed by atoms with E-state index in [2.05, 4.69) is 5.32 Å². The number of ether oxygens (including phenoxy) is 1. The van der Waals surface area contributed by atoms with E-state index in [9.17, 15) is 14.0 Å². The van der Waals surface area contributed by atoms with Crippen molar-refractivity contribution >= 4 is 12.0 Å². The Morgan fingerprint density at radius 1 is 1.25 bits per heavy atom. The molecule has 2 amide bonds. The molecule has 0 spiro atoms. The minimum atomic E-state index is -0.261. The number of amides is 2. The number of hydrogen-bond donors (Lipinski definition) is 1. The van der Waals surface area contributed by atoms with Gasteiger partial charge in [-0.25, -0.2) is 9.18 Å². The molecule has 7 heteroatoms. The first-order valence-electron chi connectivity index (χ1n) is 10.3. The topological polar surface area (TPSA) is 61.9 Å². The Hall–Kier alpha value is -2.15. The highest BCUT2D eigenvalue weighted by Gasteiger charge is 2.37. The molecule has 1 N–H and O–H groups in total. The summed E-state index contributed by atoms with van der Waals surface area (Å²) in [7, 11) is 0. The second-order valence-electron chi connectivity index (χ2n) is 7.47. The van der Waals surface area contributed by atoms with Crippen molar-refractivity contribution in [2.24, 2.45) is 0 Å². The average Bonchev–Trinajstić information content (AvgIpc) is 3.07. The fourth-order valence-electron chi connectivity index (χ4n) is 4.22. The van der Waals surface area contributed by atoms with Crippen LogP contribution in [0.2, 0.25) is 0 Å². The molecule has 2 saturated heterocycles. The van der Waals surface area contributed by atoms with Crippen molar-refractivity contribution < 1.29 is 18.7 Å². The number of benzene rings is 1. The lowest BCUT2D eigenvalue weighted by Gasteiger charge is -2.39.